The SMILES string of the molecule is O=C(NCc1ccc(F)cc1)N1CCN2C(=O)COC(c3ccccc3)(c3ccccc3)C2C1. The van der Waals surface area contributed by atoms with Gasteiger partial charge in [0.1, 0.15) is 18.0 Å². The number of rotatable bonds is 4. The van der Waals surface area contributed by atoms with Crippen LogP contribution in [0.3, 0.4) is 0 Å². The summed E-state index contributed by atoms with van der Waals surface area (Å²) in [7, 11) is 0. The number of carbonyl (C=O) groups is 2. The van der Waals surface area contributed by atoms with Gasteiger partial charge in [-0.2, -0.15) is 0 Å². The third-order valence-electron chi connectivity index (χ3n) is 6.64. The molecule has 0 saturated carbocycles. The Morgan fingerprint density at radius 2 is 1.56 bits per heavy atom. The Morgan fingerprint density at radius 1 is 0.941 bits per heavy atom. The van der Waals surface area contributed by atoms with E-state index in [1.807, 2.05) is 65.6 Å². The van der Waals surface area contributed by atoms with Gasteiger partial charge in [-0.3, -0.25) is 4.79 Å². The number of carbonyl (C=O) groups excluding carboxylic acids is 2. The molecule has 2 saturated heterocycles. The molecule has 5 rings (SSSR count). The summed E-state index contributed by atoms with van der Waals surface area (Å²) in [5, 5.41) is 2.92. The summed E-state index contributed by atoms with van der Waals surface area (Å²) in [4.78, 5) is 29.5. The minimum absolute atomic E-state index is 0.0168. The lowest BCUT2D eigenvalue weighted by atomic mass is 9.77. The van der Waals surface area contributed by atoms with Crippen LogP contribution in [0.4, 0.5) is 9.18 Å². The van der Waals surface area contributed by atoms with Gasteiger partial charge in [0.15, 0.2) is 0 Å². The van der Waals surface area contributed by atoms with Crippen LogP contribution in [0.2, 0.25) is 0 Å². The quantitative estimate of drug-likeness (QED) is 0.650. The molecule has 0 radical (unpaired) electrons. The zero-order valence-corrected chi connectivity index (χ0v) is 18.7. The molecule has 7 heteroatoms. The molecule has 0 aromatic heterocycles. The van der Waals surface area contributed by atoms with Crippen molar-refractivity contribution in [3.63, 3.8) is 0 Å². The molecular weight excluding hydrogens is 433 g/mol. The first kappa shape index (κ1) is 22.1. The van der Waals surface area contributed by atoms with Gasteiger partial charge in [0.25, 0.3) is 0 Å². The summed E-state index contributed by atoms with van der Waals surface area (Å²) in [5.41, 5.74) is 1.80. The van der Waals surface area contributed by atoms with E-state index in [1.165, 1.54) is 12.1 Å². The standard InChI is InChI=1S/C27H26FN3O3/c28-23-13-11-20(12-14-23)17-29-26(33)30-15-16-31-24(18-30)27(34-19-25(31)32,21-7-3-1-4-8-21)22-9-5-2-6-10-22/h1-14,24H,15-19H2,(H,29,33). The fourth-order valence-electron chi connectivity index (χ4n) is 4.95. The number of benzene rings is 3. The number of nitrogens with zero attached hydrogens (tertiary/aromatic N) is 2. The minimum atomic E-state index is -0.896. The number of fused-ring (bicyclic) bond motifs is 1. The number of morpholine rings is 1. The van der Waals surface area contributed by atoms with Gasteiger partial charge in [-0.1, -0.05) is 72.8 Å². The molecule has 3 aromatic rings. The van der Waals surface area contributed by atoms with Gasteiger partial charge in [-0.05, 0) is 28.8 Å². The second-order valence-corrected chi connectivity index (χ2v) is 8.59. The van der Waals surface area contributed by atoms with Crippen molar-refractivity contribution in [3.05, 3.63) is 107 Å². The van der Waals surface area contributed by atoms with Crippen molar-refractivity contribution in [2.24, 2.45) is 0 Å². The van der Waals surface area contributed by atoms with Crippen LogP contribution < -0.4 is 5.32 Å². The Bertz CT molecular complexity index is 1120. The van der Waals surface area contributed by atoms with Crippen LogP contribution in [0.25, 0.3) is 0 Å². The second kappa shape index (κ2) is 9.27. The number of hydrogen-bond acceptors (Lipinski definition) is 3. The van der Waals surface area contributed by atoms with Crippen LogP contribution in [0, 0.1) is 5.82 Å². The van der Waals surface area contributed by atoms with E-state index < -0.39 is 5.60 Å². The molecule has 2 fully saturated rings. The number of urea groups is 1. The maximum absolute atomic E-state index is 13.2. The molecule has 1 N–H and O–H groups in total. The molecule has 0 bridgehead atoms. The fraction of sp³-hybridized carbons (Fsp3) is 0.259. The van der Waals surface area contributed by atoms with E-state index >= 15 is 0 Å². The first-order valence-electron chi connectivity index (χ1n) is 11.4. The van der Waals surface area contributed by atoms with Gasteiger partial charge in [0, 0.05) is 26.2 Å². The van der Waals surface area contributed by atoms with Crippen LogP contribution >= 0.6 is 0 Å². The number of halogens is 1. The average molecular weight is 460 g/mol. The molecule has 2 aliphatic heterocycles. The van der Waals surface area contributed by atoms with Gasteiger partial charge in [-0.15, -0.1) is 0 Å². The fourth-order valence-corrected chi connectivity index (χ4v) is 4.95. The number of ether oxygens (including phenoxy) is 1. The van der Waals surface area contributed by atoms with E-state index in [9.17, 15) is 14.0 Å². The van der Waals surface area contributed by atoms with E-state index in [0.717, 1.165) is 16.7 Å². The Hall–Kier alpha value is -3.71. The first-order valence-corrected chi connectivity index (χ1v) is 11.4. The highest BCUT2D eigenvalue weighted by molar-refractivity contribution is 5.80. The number of piperazine rings is 1. The normalized spacial score (nSPS) is 19.4. The molecule has 34 heavy (non-hydrogen) atoms. The van der Waals surface area contributed by atoms with Crippen molar-refractivity contribution in [2.45, 2.75) is 18.2 Å². The lowest BCUT2D eigenvalue weighted by molar-refractivity contribution is -0.178. The van der Waals surface area contributed by atoms with E-state index in [4.69, 9.17) is 4.74 Å². The minimum Gasteiger partial charge on any atom is -0.353 e. The van der Waals surface area contributed by atoms with Crippen molar-refractivity contribution in [3.8, 4) is 0 Å². The van der Waals surface area contributed by atoms with Crippen molar-refractivity contribution >= 4 is 11.9 Å². The molecule has 0 spiro atoms. The van der Waals surface area contributed by atoms with Crippen LogP contribution in [0.1, 0.15) is 16.7 Å². The summed E-state index contributed by atoms with van der Waals surface area (Å²) in [6, 6.07) is 25.2. The Kier molecular flexibility index (Phi) is 6.02. The maximum atomic E-state index is 13.2. The topological polar surface area (TPSA) is 61.9 Å². The van der Waals surface area contributed by atoms with Gasteiger partial charge in [0.05, 0.1) is 6.04 Å². The zero-order chi connectivity index (χ0) is 23.5. The summed E-state index contributed by atoms with van der Waals surface area (Å²) < 4.78 is 19.6. The molecule has 6 nitrogen and oxygen atoms in total. The average Bonchev–Trinajstić information content (AvgIpc) is 2.89. The largest absolute Gasteiger partial charge is 0.353 e. The highest BCUT2D eigenvalue weighted by Crippen LogP contribution is 2.43. The molecule has 1 unspecified atom stereocenters. The van der Waals surface area contributed by atoms with Crippen LogP contribution in [-0.2, 0) is 21.7 Å². The summed E-state index contributed by atoms with van der Waals surface area (Å²) in [6.07, 6.45) is 0. The lowest BCUT2D eigenvalue weighted by Gasteiger charge is -2.53. The molecule has 3 aromatic carbocycles. The highest BCUT2D eigenvalue weighted by atomic mass is 19.1. The number of nitrogens with one attached hydrogen (secondary N) is 1. The van der Waals surface area contributed by atoms with E-state index in [0.29, 0.717) is 26.2 Å². The Balaban J connectivity index is 1.44. The number of hydrogen-bond donors (Lipinski definition) is 1. The first-order chi connectivity index (χ1) is 16.6. The maximum Gasteiger partial charge on any atom is 0.317 e. The smallest absolute Gasteiger partial charge is 0.317 e. The van der Waals surface area contributed by atoms with Crippen molar-refractivity contribution in [2.75, 3.05) is 26.2 Å². The molecule has 0 aliphatic carbocycles. The van der Waals surface area contributed by atoms with E-state index in [1.54, 1.807) is 17.0 Å². The van der Waals surface area contributed by atoms with E-state index in [2.05, 4.69) is 5.32 Å². The molecular formula is C27H26FN3O3. The van der Waals surface area contributed by atoms with E-state index in [-0.39, 0.29) is 30.4 Å². The third-order valence-corrected chi connectivity index (χ3v) is 6.64. The van der Waals surface area contributed by atoms with Crippen LogP contribution in [0.5, 0.6) is 0 Å². The van der Waals surface area contributed by atoms with Gasteiger partial charge < -0.3 is 19.9 Å². The lowest BCUT2D eigenvalue weighted by Crippen LogP contribution is -2.69. The monoisotopic (exact) mass is 459 g/mol. The Morgan fingerprint density at radius 3 is 2.18 bits per heavy atom. The highest BCUT2D eigenvalue weighted by Gasteiger charge is 2.53. The predicted octanol–water partition coefficient (Wildman–Crippen LogP) is 3.52. The molecule has 3 amide bonds. The summed E-state index contributed by atoms with van der Waals surface area (Å²) in [5.74, 6) is -0.384. The predicted molar refractivity (Wildman–Crippen MR) is 125 cm³/mol. The van der Waals surface area contributed by atoms with Crippen molar-refractivity contribution in [1.29, 1.82) is 0 Å². The Labute approximate surface area is 197 Å². The van der Waals surface area contributed by atoms with Gasteiger partial charge in [-0.25, -0.2) is 9.18 Å². The molecule has 1 atom stereocenters. The molecule has 174 valence electrons. The molecule has 2 heterocycles. The van der Waals surface area contributed by atoms with Crippen molar-refractivity contribution < 1.29 is 18.7 Å². The second-order valence-electron chi connectivity index (χ2n) is 8.59. The number of amides is 3. The van der Waals surface area contributed by atoms with Gasteiger partial charge in [0.2, 0.25) is 5.91 Å². The van der Waals surface area contributed by atoms with Crippen LogP contribution in [-0.4, -0.2) is 54.0 Å². The summed E-state index contributed by atoms with van der Waals surface area (Å²) in [6.45, 7) is 1.46. The van der Waals surface area contributed by atoms with Crippen LogP contribution in [0.15, 0.2) is 84.9 Å². The zero-order valence-electron chi connectivity index (χ0n) is 18.7. The molecule has 2 aliphatic rings. The summed E-state index contributed by atoms with van der Waals surface area (Å²) >= 11 is 0. The van der Waals surface area contributed by atoms with Crippen molar-refractivity contribution in [1.82, 2.24) is 15.1 Å². The van der Waals surface area contributed by atoms with Gasteiger partial charge >= 0.3 is 6.03 Å². The third kappa shape index (κ3) is 4.03.